The van der Waals surface area contributed by atoms with E-state index in [9.17, 15) is 0 Å². The van der Waals surface area contributed by atoms with Gasteiger partial charge in [0.2, 0.25) is 0 Å². The molecule has 0 aliphatic rings. The number of hydrogen-bond donors (Lipinski definition) is 2. The lowest BCUT2D eigenvalue weighted by atomic mass is 10.6. The first kappa shape index (κ1) is 8.14. The molecular formula is C5H14N2Si. The van der Waals surface area contributed by atoms with Crippen LogP contribution < -0.4 is 11.1 Å². The highest BCUT2D eigenvalue weighted by atomic mass is 28.2. The van der Waals surface area contributed by atoms with Crippen molar-refractivity contribution >= 4 is 9.52 Å². The molecule has 0 aromatic carbocycles. The molecular weight excluding hydrogens is 116 g/mol. The number of nitrogens with one attached hydrogen (secondary N) is 1. The predicted molar refractivity (Wildman–Crippen MR) is 38.3 cm³/mol. The van der Waals surface area contributed by atoms with Gasteiger partial charge in [-0.1, -0.05) is 6.55 Å². The van der Waals surface area contributed by atoms with Crippen LogP contribution in [0.15, 0.2) is 0 Å². The van der Waals surface area contributed by atoms with Crippen molar-refractivity contribution in [2.75, 3.05) is 19.6 Å². The lowest BCUT2D eigenvalue weighted by Gasteiger charge is -1.97. The summed E-state index contributed by atoms with van der Waals surface area (Å²) in [5.41, 5.74) is 5.25. The monoisotopic (exact) mass is 130 g/mol. The van der Waals surface area contributed by atoms with Gasteiger partial charge in [0, 0.05) is 22.6 Å². The minimum atomic E-state index is 0.757. The molecule has 0 saturated carbocycles. The van der Waals surface area contributed by atoms with Gasteiger partial charge in [0.15, 0.2) is 0 Å². The van der Waals surface area contributed by atoms with Gasteiger partial charge in [-0.05, 0) is 12.6 Å². The molecule has 0 fully saturated rings. The van der Waals surface area contributed by atoms with Gasteiger partial charge >= 0.3 is 0 Å². The first-order chi connectivity index (χ1) is 3.91. The van der Waals surface area contributed by atoms with Crippen LogP contribution >= 0.6 is 0 Å². The molecule has 0 amide bonds. The van der Waals surface area contributed by atoms with E-state index in [2.05, 4.69) is 11.9 Å². The Labute approximate surface area is 53.7 Å². The molecule has 3 N–H and O–H groups in total. The smallest absolute Gasteiger partial charge is 0.0355 e. The summed E-state index contributed by atoms with van der Waals surface area (Å²) < 4.78 is 0. The molecule has 0 unspecified atom stereocenters. The fraction of sp³-hybridized carbons (Fsp3) is 1.00. The second kappa shape index (κ2) is 7.14. The van der Waals surface area contributed by atoms with Gasteiger partial charge in [-0.25, -0.2) is 0 Å². The summed E-state index contributed by atoms with van der Waals surface area (Å²) in [5, 5.41) is 3.22. The Kier molecular flexibility index (Phi) is 7.26. The molecule has 0 heterocycles. The summed E-state index contributed by atoms with van der Waals surface area (Å²) >= 11 is 0. The van der Waals surface area contributed by atoms with Crippen molar-refractivity contribution in [2.24, 2.45) is 5.73 Å². The molecule has 0 rings (SSSR count). The van der Waals surface area contributed by atoms with Gasteiger partial charge in [-0.2, -0.15) is 0 Å². The van der Waals surface area contributed by atoms with Crippen molar-refractivity contribution in [3.8, 4) is 0 Å². The molecule has 3 heteroatoms. The van der Waals surface area contributed by atoms with Gasteiger partial charge < -0.3 is 11.1 Å². The zero-order valence-electron chi connectivity index (χ0n) is 5.41. The first-order valence-electron chi connectivity index (χ1n) is 2.97. The lowest BCUT2D eigenvalue weighted by molar-refractivity contribution is 0.723. The summed E-state index contributed by atoms with van der Waals surface area (Å²) in [6, 6.07) is 1.29. The van der Waals surface area contributed by atoms with E-state index in [0.717, 1.165) is 29.2 Å². The second-order valence-corrected chi connectivity index (χ2v) is 2.85. The van der Waals surface area contributed by atoms with Crippen LogP contribution in [0.25, 0.3) is 0 Å². The van der Waals surface area contributed by atoms with Gasteiger partial charge in [-0.3, -0.25) is 0 Å². The van der Waals surface area contributed by atoms with E-state index in [1.807, 2.05) is 0 Å². The van der Waals surface area contributed by atoms with Crippen LogP contribution in [0.5, 0.6) is 0 Å². The standard InChI is InChI=1S/C5H14N2Si/c1-8-5-4-7-3-2-6/h7H,2-6H2,1H3. The lowest BCUT2D eigenvalue weighted by Crippen LogP contribution is -2.23. The quantitative estimate of drug-likeness (QED) is 0.396. The van der Waals surface area contributed by atoms with E-state index in [4.69, 9.17) is 5.73 Å². The Morgan fingerprint density at radius 3 is 2.75 bits per heavy atom. The summed E-state index contributed by atoms with van der Waals surface area (Å²) in [5.74, 6) is 0. The Morgan fingerprint density at radius 2 is 2.25 bits per heavy atom. The molecule has 0 aromatic rings. The van der Waals surface area contributed by atoms with E-state index < -0.39 is 0 Å². The minimum absolute atomic E-state index is 0.757. The molecule has 2 nitrogen and oxygen atoms in total. The second-order valence-electron chi connectivity index (χ2n) is 1.64. The largest absolute Gasteiger partial charge is 0.329 e. The van der Waals surface area contributed by atoms with Gasteiger partial charge in [0.1, 0.15) is 0 Å². The third-order valence-electron chi connectivity index (χ3n) is 0.873. The van der Waals surface area contributed by atoms with E-state index in [1.54, 1.807) is 0 Å². The van der Waals surface area contributed by atoms with E-state index in [1.165, 1.54) is 6.04 Å². The van der Waals surface area contributed by atoms with Gasteiger partial charge in [-0.15, -0.1) is 0 Å². The first-order valence-corrected chi connectivity index (χ1v) is 4.68. The molecule has 0 bridgehead atoms. The molecule has 48 valence electrons. The Morgan fingerprint density at radius 1 is 1.50 bits per heavy atom. The maximum absolute atomic E-state index is 5.25. The van der Waals surface area contributed by atoms with E-state index in [0.29, 0.717) is 0 Å². The molecule has 2 radical (unpaired) electrons. The maximum Gasteiger partial charge on any atom is 0.0355 e. The minimum Gasteiger partial charge on any atom is -0.329 e. The zero-order valence-corrected chi connectivity index (χ0v) is 6.41. The van der Waals surface area contributed by atoms with Crippen molar-refractivity contribution in [1.82, 2.24) is 5.32 Å². The highest BCUT2D eigenvalue weighted by Gasteiger charge is 1.81. The van der Waals surface area contributed by atoms with Crippen LogP contribution in [-0.2, 0) is 0 Å². The van der Waals surface area contributed by atoms with Crippen LogP contribution in [0.1, 0.15) is 0 Å². The highest BCUT2D eigenvalue weighted by Crippen LogP contribution is 1.71. The Bertz CT molecular complexity index is 35.4. The molecule has 0 aliphatic heterocycles. The Hall–Kier alpha value is 0.137. The van der Waals surface area contributed by atoms with Crippen molar-refractivity contribution in [3.05, 3.63) is 0 Å². The van der Waals surface area contributed by atoms with Gasteiger partial charge in [0.05, 0.1) is 0 Å². The molecule has 8 heavy (non-hydrogen) atoms. The number of hydrogen-bond acceptors (Lipinski definition) is 2. The molecule has 0 aromatic heterocycles. The van der Waals surface area contributed by atoms with Crippen molar-refractivity contribution < 1.29 is 0 Å². The molecule has 0 atom stereocenters. The topological polar surface area (TPSA) is 38.0 Å². The normalized spacial score (nSPS) is 9.75. The summed E-state index contributed by atoms with van der Waals surface area (Å²) in [6.07, 6.45) is 0. The molecule has 0 saturated heterocycles. The highest BCUT2D eigenvalue weighted by molar-refractivity contribution is 6.33. The average molecular weight is 130 g/mol. The fourth-order valence-corrected chi connectivity index (χ4v) is 0.867. The third kappa shape index (κ3) is 6.14. The number of rotatable bonds is 5. The van der Waals surface area contributed by atoms with Crippen LogP contribution in [0, 0.1) is 0 Å². The molecule has 0 spiro atoms. The van der Waals surface area contributed by atoms with Crippen molar-refractivity contribution in [1.29, 1.82) is 0 Å². The van der Waals surface area contributed by atoms with E-state index in [-0.39, 0.29) is 0 Å². The van der Waals surface area contributed by atoms with Crippen LogP contribution in [0.3, 0.4) is 0 Å². The van der Waals surface area contributed by atoms with Crippen molar-refractivity contribution in [3.63, 3.8) is 0 Å². The maximum atomic E-state index is 5.25. The van der Waals surface area contributed by atoms with Crippen LogP contribution in [-0.4, -0.2) is 29.2 Å². The average Bonchev–Trinajstić information content (AvgIpc) is 1.81. The predicted octanol–water partition coefficient (Wildman–Crippen LogP) is -0.295. The summed E-state index contributed by atoms with van der Waals surface area (Å²) in [6.45, 7) is 5.06. The van der Waals surface area contributed by atoms with Gasteiger partial charge in [0.25, 0.3) is 0 Å². The molecule has 0 aliphatic carbocycles. The van der Waals surface area contributed by atoms with Crippen LogP contribution in [0.2, 0.25) is 12.6 Å². The third-order valence-corrected chi connectivity index (χ3v) is 1.62. The zero-order chi connectivity index (χ0) is 6.24. The summed E-state index contributed by atoms with van der Waals surface area (Å²) in [7, 11) is 1.07. The Balaban J connectivity index is 2.53. The van der Waals surface area contributed by atoms with Crippen LogP contribution in [0.4, 0.5) is 0 Å². The number of nitrogens with two attached hydrogens (primary N) is 1. The van der Waals surface area contributed by atoms with Crippen molar-refractivity contribution in [2.45, 2.75) is 12.6 Å². The summed E-state index contributed by atoms with van der Waals surface area (Å²) in [4.78, 5) is 0. The fourth-order valence-electron chi connectivity index (χ4n) is 0.440. The SMILES string of the molecule is C[Si]CCNCCN. The van der Waals surface area contributed by atoms with E-state index >= 15 is 0 Å².